The van der Waals surface area contributed by atoms with Crippen LogP contribution < -0.4 is 0 Å². The Hall–Kier alpha value is -2.77. The monoisotopic (exact) mass is 338 g/mol. The molecule has 0 atom stereocenters. The smallest absolute Gasteiger partial charge is 0.0102 e. The average molecular weight is 338 g/mol. The van der Waals surface area contributed by atoms with Crippen LogP contribution in [0.3, 0.4) is 0 Å². The number of benzene rings is 4. The summed E-state index contributed by atoms with van der Waals surface area (Å²) in [6.07, 6.45) is 0. The van der Waals surface area contributed by atoms with Crippen molar-refractivity contribution in [2.75, 3.05) is 0 Å². The van der Waals surface area contributed by atoms with Crippen LogP contribution in [-0.4, -0.2) is 0 Å². The third-order valence-corrected chi connectivity index (χ3v) is 8.91. The van der Waals surface area contributed by atoms with Crippen LogP contribution in [0.15, 0.2) is 129 Å². The van der Waals surface area contributed by atoms with Crippen molar-refractivity contribution in [2.45, 2.75) is 19.6 Å². The summed E-state index contributed by atoms with van der Waals surface area (Å²) in [7, 11) is -1.44. The van der Waals surface area contributed by atoms with E-state index in [4.69, 9.17) is 0 Å². The van der Waals surface area contributed by atoms with E-state index in [9.17, 15) is 0 Å². The maximum Gasteiger partial charge on any atom is 0.0102 e. The van der Waals surface area contributed by atoms with E-state index >= 15 is 0 Å². The Bertz CT molecular complexity index is 949. The molecule has 4 aromatic carbocycles. The minimum atomic E-state index is -1.44. The predicted molar refractivity (Wildman–Crippen MR) is 105 cm³/mol. The SMILES string of the molecule is c1ccc(S2(c3ccccc3)c3ccccc3-c3ccccc32)cc1. The molecule has 0 N–H and O–H groups in total. The van der Waals surface area contributed by atoms with Gasteiger partial charge in [-0.15, -0.1) is 10.0 Å². The molecule has 4 aromatic rings. The molecule has 1 heteroatoms. The van der Waals surface area contributed by atoms with Gasteiger partial charge in [0.05, 0.1) is 0 Å². The topological polar surface area (TPSA) is 0 Å². The predicted octanol–water partition coefficient (Wildman–Crippen LogP) is 7.01. The van der Waals surface area contributed by atoms with Crippen molar-refractivity contribution in [3.8, 4) is 11.1 Å². The van der Waals surface area contributed by atoms with Gasteiger partial charge in [-0.3, -0.25) is 0 Å². The fourth-order valence-corrected chi connectivity index (χ4v) is 8.16. The molecule has 0 fully saturated rings. The molecule has 0 spiro atoms. The Morgan fingerprint density at radius 2 is 0.720 bits per heavy atom. The summed E-state index contributed by atoms with van der Waals surface area (Å²) < 4.78 is 0. The molecule has 0 aliphatic carbocycles. The molecular formula is C24H18S. The summed E-state index contributed by atoms with van der Waals surface area (Å²) in [4.78, 5) is 5.71. The van der Waals surface area contributed by atoms with Crippen molar-refractivity contribution >= 4 is 10.0 Å². The zero-order chi connectivity index (χ0) is 16.7. The molecule has 0 saturated carbocycles. The highest BCUT2D eigenvalue weighted by molar-refractivity contribution is 8.34. The molecule has 0 unspecified atom stereocenters. The second-order valence-corrected chi connectivity index (χ2v) is 9.28. The first-order valence-electron chi connectivity index (χ1n) is 8.54. The van der Waals surface area contributed by atoms with Crippen LogP contribution in [-0.2, 0) is 0 Å². The van der Waals surface area contributed by atoms with Gasteiger partial charge in [0.15, 0.2) is 0 Å². The third-order valence-electron chi connectivity index (χ3n) is 4.92. The summed E-state index contributed by atoms with van der Waals surface area (Å²) in [5.74, 6) is 0. The molecule has 0 radical (unpaired) electrons. The normalized spacial score (nSPS) is 15.2. The lowest BCUT2D eigenvalue weighted by atomic mass is 10.1. The standard InChI is InChI=1S/C24H18S/c1-3-11-19(12-4-1)25(20-13-5-2-6-14-20)23-17-9-7-15-21(23)22-16-8-10-18-24(22)25/h1-18H. The van der Waals surface area contributed by atoms with Crippen molar-refractivity contribution in [3.63, 3.8) is 0 Å². The summed E-state index contributed by atoms with van der Waals surface area (Å²) in [6, 6.07) is 39.9. The van der Waals surface area contributed by atoms with E-state index < -0.39 is 10.0 Å². The largest absolute Gasteiger partial charge is 0.132 e. The van der Waals surface area contributed by atoms with Crippen molar-refractivity contribution in [3.05, 3.63) is 109 Å². The highest BCUT2D eigenvalue weighted by Crippen LogP contribution is 2.79. The van der Waals surface area contributed by atoms with E-state index in [2.05, 4.69) is 109 Å². The Kier molecular flexibility index (Phi) is 3.29. The van der Waals surface area contributed by atoms with Crippen molar-refractivity contribution in [2.24, 2.45) is 0 Å². The molecule has 0 amide bonds. The Labute approximate surface area is 150 Å². The molecule has 1 heterocycles. The van der Waals surface area contributed by atoms with Gasteiger partial charge in [-0.05, 0) is 47.5 Å². The Morgan fingerprint density at radius 3 is 1.16 bits per heavy atom. The molecule has 1 aliphatic rings. The van der Waals surface area contributed by atoms with Gasteiger partial charge in [0.1, 0.15) is 0 Å². The van der Waals surface area contributed by atoms with Gasteiger partial charge in [0.2, 0.25) is 0 Å². The van der Waals surface area contributed by atoms with Crippen LogP contribution in [0.25, 0.3) is 11.1 Å². The quantitative estimate of drug-likeness (QED) is 0.325. The van der Waals surface area contributed by atoms with E-state index in [1.165, 1.54) is 30.7 Å². The van der Waals surface area contributed by atoms with Gasteiger partial charge in [0, 0.05) is 19.6 Å². The van der Waals surface area contributed by atoms with Crippen LogP contribution in [0.4, 0.5) is 0 Å². The number of hydrogen-bond donors (Lipinski definition) is 0. The van der Waals surface area contributed by atoms with Crippen LogP contribution in [0.2, 0.25) is 0 Å². The fraction of sp³-hybridized carbons (Fsp3) is 0. The van der Waals surface area contributed by atoms with Gasteiger partial charge in [-0.1, -0.05) is 72.8 Å². The lowest BCUT2D eigenvalue weighted by Gasteiger charge is -2.39. The first-order valence-corrected chi connectivity index (χ1v) is 10.2. The van der Waals surface area contributed by atoms with Gasteiger partial charge in [-0.2, -0.15) is 0 Å². The van der Waals surface area contributed by atoms with Crippen molar-refractivity contribution < 1.29 is 0 Å². The minimum absolute atomic E-state index is 1.38. The van der Waals surface area contributed by atoms with Crippen LogP contribution >= 0.6 is 10.0 Å². The molecule has 5 rings (SSSR count). The van der Waals surface area contributed by atoms with Crippen LogP contribution in [0, 0.1) is 0 Å². The zero-order valence-electron chi connectivity index (χ0n) is 13.8. The molecule has 0 aromatic heterocycles. The third kappa shape index (κ3) is 1.96. The molecule has 0 saturated heterocycles. The average Bonchev–Trinajstić information content (AvgIpc) is 3.01. The lowest BCUT2D eigenvalue weighted by molar-refractivity contribution is 1.29. The molecule has 25 heavy (non-hydrogen) atoms. The highest BCUT2D eigenvalue weighted by atomic mass is 32.3. The molecule has 1 aliphatic heterocycles. The maximum atomic E-state index is 2.32. The minimum Gasteiger partial charge on any atom is -0.132 e. The maximum absolute atomic E-state index is 2.32. The number of hydrogen-bond acceptors (Lipinski definition) is 0. The summed E-state index contributed by atoms with van der Waals surface area (Å²) in [5.41, 5.74) is 2.75. The highest BCUT2D eigenvalue weighted by Gasteiger charge is 2.41. The summed E-state index contributed by atoms with van der Waals surface area (Å²) in [5, 5.41) is 0. The molecular weight excluding hydrogens is 320 g/mol. The lowest BCUT2D eigenvalue weighted by Crippen LogP contribution is -2.01. The summed E-state index contributed by atoms with van der Waals surface area (Å²) in [6.45, 7) is 0. The van der Waals surface area contributed by atoms with Crippen LogP contribution in [0.5, 0.6) is 0 Å². The first kappa shape index (κ1) is 14.6. The first-order chi connectivity index (χ1) is 12.4. The molecule has 120 valence electrons. The van der Waals surface area contributed by atoms with Crippen molar-refractivity contribution in [1.82, 2.24) is 0 Å². The van der Waals surface area contributed by atoms with E-state index in [-0.39, 0.29) is 0 Å². The second-order valence-electron chi connectivity index (χ2n) is 6.23. The van der Waals surface area contributed by atoms with Gasteiger partial charge < -0.3 is 0 Å². The van der Waals surface area contributed by atoms with E-state index in [1.54, 1.807) is 0 Å². The van der Waals surface area contributed by atoms with Crippen LogP contribution in [0.1, 0.15) is 0 Å². The molecule has 0 nitrogen and oxygen atoms in total. The molecule has 0 bridgehead atoms. The van der Waals surface area contributed by atoms with Gasteiger partial charge >= 0.3 is 0 Å². The zero-order valence-corrected chi connectivity index (χ0v) is 14.6. The van der Waals surface area contributed by atoms with Crippen molar-refractivity contribution in [1.29, 1.82) is 0 Å². The number of rotatable bonds is 2. The number of fused-ring (bicyclic) bond motifs is 3. The van der Waals surface area contributed by atoms with Gasteiger partial charge in [-0.25, -0.2) is 0 Å². The Balaban J connectivity index is 1.98. The van der Waals surface area contributed by atoms with E-state index in [1.807, 2.05) is 0 Å². The summed E-state index contributed by atoms with van der Waals surface area (Å²) >= 11 is 0. The fourth-order valence-electron chi connectivity index (χ4n) is 3.92. The Morgan fingerprint density at radius 1 is 0.360 bits per heavy atom. The van der Waals surface area contributed by atoms with Gasteiger partial charge in [0.25, 0.3) is 0 Å². The van der Waals surface area contributed by atoms with E-state index in [0.717, 1.165) is 0 Å². The van der Waals surface area contributed by atoms with E-state index in [0.29, 0.717) is 0 Å². The second kappa shape index (κ2) is 5.65.